The highest BCUT2D eigenvalue weighted by atomic mass is 16.5. The van der Waals surface area contributed by atoms with Gasteiger partial charge in [0.05, 0.1) is 32.5 Å². The molecule has 0 bridgehead atoms. The summed E-state index contributed by atoms with van der Waals surface area (Å²) in [7, 11) is 0. The molecule has 5 heteroatoms. The lowest BCUT2D eigenvalue weighted by Crippen LogP contribution is -2.50. The Morgan fingerprint density at radius 2 is 1.94 bits per heavy atom. The first kappa shape index (κ1) is 11.2. The number of likely N-dealkylation sites (tertiary alicyclic amines) is 1. The lowest BCUT2D eigenvalue weighted by atomic mass is 10.1. The van der Waals surface area contributed by atoms with Gasteiger partial charge in [-0.3, -0.25) is 9.58 Å². The number of ether oxygens (including phenoxy) is 2. The standard InChI is InChI=1S/C12H19N3O2/c1-2-13-15(3-1)12-7-14(8-12)6-11-9-16-4-5-17-10-11/h1-3,11-12H,4-10H2. The second-order valence-electron chi connectivity index (χ2n) is 4.87. The Labute approximate surface area is 101 Å². The van der Waals surface area contributed by atoms with E-state index in [2.05, 4.69) is 14.7 Å². The van der Waals surface area contributed by atoms with Gasteiger partial charge in [-0.25, -0.2) is 0 Å². The van der Waals surface area contributed by atoms with E-state index in [1.807, 2.05) is 18.5 Å². The summed E-state index contributed by atoms with van der Waals surface area (Å²) >= 11 is 0. The first-order chi connectivity index (χ1) is 8.42. The fraction of sp³-hybridized carbons (Fsp3) is 0.750. The van der Waals surface area contributed by atoms with Gasteiger partial charge >= 0.3 is 0 Å². The van der Waals surface area contributed by atoms with E-state index < -0.39 is 0 Å². The van der Waals surface area contributed by atoms with Gasteiger partial charge in [0.1, 0.15) is 0 Å². The maximum Gasteiger partial charge on any atom is 0.0772 e. The summed E-state index contributed by atoms with van der Waals surface area (Å²) in [5.41, 5.74) is 0. The van der Waals surface area contributed by atoms with E-state index in [0.29, 0.717) is 12.0 Å². The quantitative estimate of drug-likeness (QED) is 0.763. The Morgan fingerprint density at radius 3 is 2.59 bits per heavy atom. The zero-order valence-corrected chi connectivity index (χ0v) is 9.99. The summed E-state index contributed by atoms with van der Waals surface area (Å²) in [5, 5.41) is 4.28. The van der Waals surface area contributed by atoms with E-state index in [0.717, 1.165) is 46.1 Å². The van der Waals surface area contributed by atoms with Crippen molar-refractivity contribution in [2.75, 3.05) is 46.1 Å². The Bertz CT molecular complexity index is 328. The van der Waals surface area contributed by atoms with Crippen molar-refractivity contribution in [2.45, 2.75) is 6.04 Å². The summed E-state index contributed by atoms with van der Waals surface area (Å²) in [6, 6.07) is 2.54. The van der Waals surface area contributed by atoms with Gasteiger partial charge in [0.15, 0.2) is 0 Å². The highest BCUT2D eigenvalue weighted by Crippen LogP contribution is 2.21. The molecule has 0 N–H and O–H groups in total. The van der Waals surface area contributed by atoms with Crippen molar-refractivity contribution in [1.29, 1.82) is 0 Å². The maximum absolute atomic E-state index is 5.51. The molecule has 2 aliphatic rings. The summed E-state index contributed by atoms with van der Waals surface area (Å²) < 4.78 is 13.1. The van der Waals surface area contributed by atoms with Gasteiger partial charge in [0, 0.05) is 37.9 Å². The smallest absolute Gasteiger partial charge is 0.0772 e. The zero-order valence-electron chi connectivity index (χ0n) is 9.99. The number of hydrogen-bond acceptors (Lipinski definition) is 4. The van der Waals surface area contributed by atoms with Crippen LogP contribution in [0.2, 0.25) is 0 Å². The minimum Gasteiger partial charge on any atom is -0.379 e. The molecule has 94 valence electrons. The van der Waals surface area contributed by atoms with E-state index in [4.69, 9.17) is 9.47 Å². The van der Waals surface area contributed by atoms with Crippen molar-refractivity contribution in [1.82, 2.24) is 14.7 Å². The fourth-order valence-electron chi connectivity index (χ4n) is 2.49. The molecular formula is C12H19N3O2. The summed E-state index contributed by atoms with van der Waals surface area (Å²) in [4.78, 5) is 2.45. The van der Waals surface area contributed by atoms with Crippen LogP contribution in [0.25, 0.3) is 0 Å². The molecule has 0 amide bonds. The van der Waals surface area contributed by atoms with Crippen LogP contribution in [0.15, 0.2) is 18.5 Å². The number of hydrogen-bond donors (Lipinski definition) is 0. The molecule has 2 aliphatic heterocycles. The Balaban J connectivity index is 1.43. The molecule has 1 aromatic rings. The highest BCUT2D eigenvalue weighted by molar-refractivity contribution is 4.90. The van der Waals surface area contributed by atoms with Crippen LogP contribution in [0.5, 0.6) is 0 Å². The summed E-state index contributed by atoms with van der Waals surface area (Å²) in [6.45, 7) is 6.43. The molecule has 2 fully saturated rings. The van der Waals surface area contributed by atoms with Crippen molar-refractivity contribution < 1.29 is 9.47 Å². The minimum absolute atomic E-state index is 0.524. The van der Waals surface area contributed by atoms with Crippen molar-refractivity contribution in [3.63, 3.8) is 0 Å². The molecule has 17 heavy (non-hydrogen) atoms. The summed E-state index contributed by atoms with van der Waals surface area (Å²) in [5.74, 6) is 0.524. The molecule has 0 radical (unpaired) electrons. The van der Waals surface area contributed by atoms with E-state index in [-0.39, 0.29) is 0 Å². The molecule has 0 aromatic carbocycles. The fourth-order valence-corrected chi connectivity index (χ4v) is 2.49. The molecule has 0 atom stereocenters. The van der Waals surface area contributed by atoms with Crippen molar-refractivity contribution in [3.05, 3.63) is 18.5 Å². The van der Waals surface area contributed by atoms with Crippen LogP contribution in [0.3, 0.4) is 0 Å². The van der Waals surface area contributed by atoms with Gasteiger partial charge in [-0.05, 0) is 6.07 Å². The zero-order chi connectivity index (χ0) is 11.5. The van der Waals surface area contributed by atoms with Gasteiger partial charge in [-0.15, -0.1) is 0 Å². The Morgan fingerprint density at radius 1 is 1.18 bits per heavy atom. The molecule has 2 saturated heterocycles. The molecule has 1 aromatic heterocycles. The van der Waals surface area contributed by atoms with Crippen molar-refractivity contribution in [2.24, 2.45) is 5.92 Å². The maximum atomic E-state index is 5.51. The third-order valence-corrected chi connectivity index (χ3v) is 3.43. The Hall–Kier alpha value is -0.910. The number of nitrogens with zero attached hydrogens (tertiary/aromatic N) is 3. The first-order valence-electron chi connectivity index (χ1n) is 6.29. The third-order valence-electron chi connectivity index (χ3n) is 3.43. The van der Waals surface area contributed by atoms with E-state index in [1.54, 1.807) is 0 Å². The predicted molar refractivity (Wildman–Crippen MR) is 62.8 cm³/mol. The normalized spacial score (nSPS) is 24.5. The predicted octanol–water partition coefficient (Wildman–Crippen LogP) is 0.403. The van der Waals surface area contributed by atoms with E-state index in [1.165, 1.54) is 0 Å². The van der Waals surface area contributed by atoms with Gasteiger partial charge in [0.2, 0.25) is 0 Å². The molecular weight excluding hydrogens is 218 g/mol. The van der Waals surface area contributed by atoms with Crippen molar-refractivity contribution >= 4 is 0 Å². The van der Waals surface area contributed by atoms with Crippen molar-refractivity contribution in [3.8, 4) is 0 Å². The van der Waals surface area contributed by atoms with Gasteiger partial charge < -0.3 is 9.47 Å². The highest BCUT2D eigenvalue weighted by Gasteiger charge is 2.30. The molecule has 0 spiro atoms. The third kappa shape index (κ3) is 2.68. The van der Waals surface area contributed by atoms with E-state index in [9.17, 15) is 0 Å². The van der Waals surface area contributed by atoms with Gasteiger partial charge in [-0.2, -0.15) is 5.10 Å². The first-order valence-corrected chi connectivity index (χ1v) is 6.29. The lowest BCUT2D eigenvalue weighted by Gasteiger charge is -2.40. The second-order valence-corrected chi connectivity index (χ2v) is 4.87. The second kappa shape index (κ2) is 5.16. The number of aromatic nitrogens is 2. The van der Waals surface area contributed by atoms with Gasteiger partial charge in [-0.1, -0.05) is 0 Å². The van der Waals surface area contributed by atoms with Crippen LogP contribution in [0.4, 0.5) is 0 Å². The topological polar surface area (TPSA) is 39.5 Å². The van der Waals surface area contributed by atoms with Crippen LogP contribution < -0.4 is 0 Å². The molecule has 0 aliphatic carbocycles. The average Bonchev–Trinajstić information content (AvgIpc) is 2.67. The molecule has 0 unspecified atom stereocenters. The molecule has 3 rings (SSSR count). The van der Waals surface area contributed by atoms with E-state index >= 15 is 0 Å². The minimum atomic E-state index is 0.524. The Kier molecular flexibility index (Phi) is 3.40. The van der Waals surface area contributed by atoms with Gasteiger partial charge in [0.25, 0.3) is 0 Å². The van der Waals surface area contributed by atoms with Crippen LogP contribution >= 0.6 is 0 Å². The monoisotopic (exact) mass is 237 g/mol. The number of rotatable bonds is 3. The van der Waals surface area contributed by atoms with Crippen LogP contribution in [-0.2, 0) is 9.47 Å². The van der Waals surface area contributed by atoms with Crippen LogP contribution in [-0.4, -0.2) is 60.7 Å². The molecule has 0 saturated carbocycles. The lowest BCUT2D eigenvalue weighted by molar-refractivity contribution is 0.0451. The summed E-state index contributed by atoms with van der Waals surface area (Å²) in [6.07, 6.45) is 3.88. The largest absolute Gasteiger partial charge is 0.379 e. The van der Waals surface area contributed by atoms with Crippen LogP contribution in [0.1, 0.15) is 6.04 Å². The van der Waals surface area contributed by atoms with Crippen LogP contribution in [0, 0.1) is 5.92 Å². The SMILES string of the molecule is c1cnn(C2CN(CC3COCCOC3)C2)c1. The average molecular weight is 237 g/mol. The molecule has 5 nitrogen and oxygen atoms in total. The molecule has 3 heterocycles.